The van der Waals surface area contributed by atoms with Gasteiger partial charge in [0.05, 0.1) is 33.4 Å². The van der Waals surface area contributed by atoms with E-state index in [0.717, 1.165) is 5.69 Å². The number of benzene rings is 2. The summed E-state index contributed by atoms with van der Waals surface area (Å²) in [6.45, 7) is 9.29. The van der Waals surface area contributed by atoms with Crippen LogP contribution in [-0.2, 0) is 9.53 Å². The summed E-state index contributed by atoms with van der Waals surface area (Å²) < 4.78 is 21.5. The number of rotatable bonds is 13. The third kappa shape index (κ3) is 6.20. The number of carbonyl (C=O) groups excluding carboxylic acids is 1. The van der Waals surface area contributed by atoms with Gasteiger partial charge >= 0.3 is 5.97 Å². The third-order valence-electron chi connectivity index (χ3n) is 7.85. The van der Waals surface area contributed by atoms with E-state index in [2.05, 4.69) is 0 Å². The minimum atomic E-state index is -1.24. The smallest absolute Gasteiger partial charge is 0.311 e. The second-order valence-electron chi connectivity index (χ2n) is 10.5. The van der Waals surface area contributed by atoms with Crippen molar-refractivity contribution in [2.45, 2.75) is 64.6 Å². The minimum absolute atomic E-state index is 0.0721. The van der Waals surface area contributed by atoms with Crippen LogP contribution < -0.4 is 29.3 Å². The summed E-state index contributed by atoms with van der Waals surface area (Å²) in [7, 11) is 4.45. The fourth-order valence-corrected chi connectivity index (χ4v) is 4.94. The molecule has 1 fully saturated rings. The lowest BCUT2D eigenvalue weighted by Crippen LogP contribution is -2.63. The maximum absolute atomic E-state index is 13.3. The summed E-state index contributed by atoms with van der Waals surface area (Å²) in [6.07, 6.45) is -1.14. The Morgan fingerprint density at radius 2 is 1.59 bits per heavy atom. The monoisotopic (exact) mass is 543 g/mol. The van der Waals surface area contributed by atoms with Gasteiger partial charge < -0.3 is 39.2 Å². The molecule has 2 aromatic carbocycles. The van der Waals surface area contributed by atoms with Crippen LogP contribution in [0.25, 0.3) is 0 Å². The zero-order valence-corrected chi connectivity index (χ0v) is 24.0. The molecule has 1 N–H and O–H groups in total. The Morgan fingerprint density at radius 3 is 2.08 bits per heavy atom. The van der Waals surface area contributed by atoms with E-state index in [9.17, 15) is 20.1 Å². The first-order valence-electron chi connectivity index (χ1n) is 13.4. The average molecular weight is 544 g/mol. The standard InChI is InChI=1S/C30H41NO8/c1-8-30(3,4)29(35)39-14-10-13-31(9-2)19-11-12-20(21(32)17-19)25-26(33)24(27(25)34)18-15-22(36-5)28(38-7)23(16-18)37-6/h11-12,15-17,24-27,32H,8-10,13-14H2,1-7H3/q-2. The summed E-state index contributed by atoms with van der Waals surface area (Å²) >= 11 is 0. The molecule has 9 heteroatoms. The maximum Gasteiger partial charge on any atom is 0.311 e. The molecule has 0 spiro atoms. The number of hydrogen-bond acceptors (Lipinski definition) is 9. The molecule has 1 aliphatic carbocycles. The number of hydrogen-bond donors (Lipinski definition) is 1. The van der Waals surface area contributed by atoms with Gasteiger partial charge in [0.25, 0.3) is 0 Å². The topological polar surface area (TPSA) is 124 Å². The van der Waals surface area contributed by atoms with Crippen LogP contribution in [0.1, 0.15) is 63.5 Å². The zero-order chi connectivity index (χ0) is 28.9. The van der Waals surface area contributed by atoms with Crippen molar-refractivity contribution in [2.24, 2.45) is 5.41 Å². The molecule has 2 unspecified atom stereocenters. The number of aromatic hydroxyl groups is 1. The lowest BCUT2D eigenvalue weighted by Gasteiger charge is -2.61. The summed E-state index contributed by atoms with van der Waals surface area (Å²) in [5, 5.41) is 37.4. The van der Waals surface area contributed by atoms with Crippen LogP contribution in [0, 0.1) is 5.41 Å². The van der Waals surface area contributed by atoms with Gasteiger partial charge in [0.2, 0.25) is 5.75 Å². The first-order chi connectivity index (χ1) is 18.5. The van der Waals surface area contributed by atoms with Crippen LogP contribution in [0.5, 0.6) is 23.0 Å². The highest BCUT2D eigenvalue weighted by atomic mass is 16.5. The van der Waals surface area contributed by atoms with E-state index in [4.69, 9.17) is 18.9 Å². The number of ether oxygens (including phenoxy) is 4. The Hall–Kier alpha value is -3.17. The van der Waals surface area contributed by atoms with E-state index in [0.29, 0.717) is 60.9 Å². The second-order valence-corrected chi connectivity index (χ2v) is 10.5. The molecular formula is C30H41NO8-2. The zero-order valence-electron chi connectivity index (χ0n) is 24.0. The third-order valence-corrected chi connectivity index (χ3v) is 7.85. The molecule has 0 saturated heterocycles. The van der Waals surface area contributed by atoms with E-state index in [-0.39, 0.29) is 11.7 Å². The summed E-state index contributed by atoms with van der Waals surface area (Å²) in [5.41, 5.74) is 1.15. The predicted molar refractivity (Wildman–Crippen MR) is 145 cm³/mol. The van der Waals surface area contributed by atoms with Crippen LogP contribution >= 0.6 is 0 Å². The van der Waals surface area contributed by atoms with Gasteiger partial charge in [-0.2, -0.15) is 0 Å². The average Bonchev–Trinajstić information content (AvgIpc) is 2.93. The van der Waals surface area contributed by atoms with Gasteiger partial charge in [-0.1, -0.05) is 13.0 Å². The van der Waals surface area contributed by atoms with Gasteiger partial charge in [-0.25, -0.2) is 0 Å². The van der Waals surface area contributed by atoms with E-state index in [1.54, 1.807) is 24.3 Å². The van der Waals surface area contributed by atoms with Crippen molar-refractivity contribution in [3.05, 3.63) is 41.5 Å². The van der Waals surface area contributed by atoms with Crippen LogP contribution in [-0.4, -0.2) is 64.3 Å². The van der Waals surface area contributed by atoms with Crippen molar-refractivity contribution in [2.75, 3.05) is 45.9 Å². The second kappa shape index (κ2) is 12.8. The Morgan fingerprint density at radius 1 is 0.974 bits per heavy atom. The fraction of sp³-hybridized carbons (Fsp3) is 0.567. The maximum atomic E-state index is 13.3. The summed E-state index contributed by atoms with van der Waals surface area (Å²) in [5.74, 6) is -0.816. The lowest BCUT2D eigenvalue weighted by atomic mass is 9.63. The molecule has 1 saturated carbocycles. The number of phenols is 1. The molecule has 0 aliphatic heterocycles. The summed E-state index contributed by atoms with van der Waals surface area (Å²) in [4.78, 5) is 14.2. The first kappa shape index (κ1) is 30.4. The number of nitrogens with zero attached hydrogens (tertiary/aromatic N) is 1. The van der Waals surface area contributed by atoms with E-state index in [1.807, 2.05) is 38.7 Å². The minimum Gasteiger partial charge on any atom is -0.851 e. The number of methoxy groups -OCH3 is 3. The lowest BCUT2D eigenvalue weighted by molar-refractivity contribution is -0.536. The van der Waals surface area contributed by atoms with E-state index < -0.39 is 29.5 Å². The first-order valence-corrected chi connectivity index (χ1v) is 13.4. The largest absolute Gasteiger partial charge is 0.851 e. The van der Waals surface area contributed by atoms with Crippen molar-refractivity contribution >= 4 is 11.7 Å². The van der Waals surface area contributed by atoms with Crippen molar-refractivity contribution < 1.29 is 39.1 Å². The Labute approximate surface area is 231 Å². The molecule has 0 bridgehead atoms. The van der Waals surface area contributed by atoms with Gasteiger partial charge in [-0.15, -0.1) is 12.2 Å². The Bertz CT molecular complexity index is 1100. The van der Waals surface area contributed by atoms with Gasteiger partial charge in [0.1, 0.15) is 5.75 Å². The molecule has 2 atom stereocenters. The highest BCUT2D eigenvalue weighted by molar-refractivity contribution is 5.75. The molecule has 2 aromatic rings. The summed E-state index contributed by atoms with van der Waals surface area (Å²) in [6, 6.07) is 8.36. The van der Waals surface area contributed by atoms with Gasteiger partial charge in [-0.3, -0.25) is 4.79 Å². The van der Waals surface area contributed by atoms with Gasteiger partial charge in [0.15, 0.2) is 11.5 Å². The quantitative estimate of drug-likeness (QED) is 0.300. The number of phenolic OH excluding ortho intramolecular Hbond substituents is 1. The highest BCUT2D eigenvalue weighted by Gasteiger charge is 2.40. The van der Waals surface area contributed by atoms with Gasteiger partial charge in [-0.05, 0) is 74.8 Å². The fourth-order valence-electron chi connectivity index (χ4n) is 4.94. The molecule has 0 amide bonds. The molecule has 0 aromatic heterocycles. The molecule has 3 rings (SSSR count). The molecule has 0 heterocycles. The molecule has 39 heavy (non-hydrogen) atoms. The molecule has 216 valence electrons. The predicted octanol–water partition coefficient (Wildman–Crippen LogP) is 2.95. The van der Waals surface area contributed by atoms with Crippen molar-refractivity contribution in [1.82, 2.24) is 0 Å². The van der Waals surface area contributed by atoms with E-state index >= 15 is 0 Å². The number of anilines is 1. The number of carbonyl (C=O) groups is 1. The van der Waals surface area contributed by atoms with Gasteiger partial charge in [0, 0.05) is 24.8 Å². The van der Waals surface area contributed by atoms with Crippen molar-refractivity contribution in [3.63, 3.8) is 0 Å². The van der Waals surface area contributed by atoms with Crippen molar-refractivity contribution in [1.29, 1.82) is 0 Å². The molecule has 1 aliphatic rings. The van der Waals surface area contributed by atoms with Crippen LogP contribution in [0.2, 0.25) is 0 Å². The van der Waals surface area contributed by atoms with Crippen LogP contribution in [0.15, 0.2) is 30.3 Å². The SMILES string of the molecule is CCN(CCCOC(=O)C(C)(C)CC)c1ccc(C2C([O-])C(c3cc(OC)c(OC)c(OC)c3)C2[O-])c(O)c1. The van der Waals surface area contributed by atoms with E-state index in [1.165, 1.54) is 21.3 Å². The molecular weight excluding hydrogens is 502 g/mol. The Kier molecular flexibility index (Phi) is 9.96. The van der Waals surface area contributed by atoms with Crippen molar-refractivity contribution in [3.8, 4) is 23.0 Å². The number of esters is 1. The van der Waals surface area contributed by atoms with Crippen LogP contribution in [0.3, 0.4) is 0 Å². The normalized spacial score (nSPS) is 20.6. The van der Waals surface area contributed by atoms with Crippen LogP contribution in [0.4, 0.5) is 5.69 Å². The molecule has 9 nitrogen and oxygen atoms in total. The highest BCUT2D eigenvalue weighted by Crippen LogP contribution is 2.50. The Balaban J connectivity index is 1.69. The molecule has 0 radical (unpaired) electrons.